The molecule has 4 aromatic rings. The molecule has 0 saturated heterocycles. The number of fused-ring (bicyclic) bond motifs is 1. The number of carbonyl (C=O) groups excluding carboxylic acids is 1. The van der Waals surface area contributed by atoms with E-state index in [0.29, 0.717) is 17.0 Å². The minimum Gasteiger partial charge on any atom is -0.447 e. The molecule has 2 heterocycles. The molecule has 2 aromatic heterocycles. The molecule has 2 aromatic carbocycles. The van der Waals surface area contributed by atoms with Gasteiger partial charge in [-0.05, 0) is 24.3 Å². The summed E-state index contributed by atoms with van der Waals surface area (Å²) in [5.74, 6) is 0.432. The van der Waals surface area contributed by atoms with Crippen LogP contribution in [0.2, 0.25) is 0 Å². The van der Waals surface area contributed by atoms with Crippen LogP contribution in [0.25, 0.3) is 11.2 Å². The van der Waals surface area contributed by atoms with Gasteiger partial charge >= 0.3 is 6.29 Å². The van der Waals surface area contributed by atoms with Crippen molar-refractivity contribution in [2.24, 2.45) is 0 Å². The fraction of sp³-hybridized carbons (Fsp3) is 0.0526. The molecule has 5 N–H and O–H groups in total. The van der Waals surface area contributed by atoms with Crippen molar-refractivity contribution in [3.8, 4) is 11.5 Å². The maximum atomic E-state index is 13.1. The molecule has 0 aliphatic heterocycles. The fourth-order valence-electron chi connectivity index (χ4n) is 2.54. The molecular weight excluding hydrogens is 360 g/mol. The Morgan fingerprint density at radius 3 is 2.00 bits per heavy atom. The van der Waals surface area contributed by atoms with Crippen LogP contribution in [0, 0.1) is 0 Å². The Morgan fingerprint density at radius 2 is 1.43 bits per heavy atom. The Kier molecular flexibility index (Phi) is 4.47. The third kappa shape index (κ3) is 3.54. The van der Waals surface area contributed by atoms with Crippen molar-refractivity contribution in [3.63, 3.8) is 0 Å². The predicted octanol–water partition coefficient (Wildman–Crippen LogP) is 2.18. The number of hydrogen-bond acceptors (Lipinski definition) is 8. The van der Waals surface area contributed by atoms with Crippen molar-refractivity contribution in [2.45, 2.75) is 6.29 Å². The lowest BCUT2D eigenvalue weighted by Crippen LogP contribution is -2.34. The van der Waals surface area contributed by atoms with Gasteiger partial charge in [0.1, 0.15) is 17.0 Å². The highest BCUT2D eigenvalue weighted by Crippen LogP contribution is 2.20. The van der Waals surface area contributed by atoms with E-state index in [4.69, 9.17) is 20.9 Å². The first kappa shape index (κ1) is 17.3. The average Bonchev–Trinajstić information content (AvgIpc) is 3.13. The SMILES string of the molecule is Nc1nc(N)c2[nH]c(C(=O)C(Oc3ccccc3)Oc3ccccc3)nc2n1. The van der Waals surface area contributed by atoms with Gasteiger partial charge < -0.3 is 25.9 Å². The first-order valence-electron chi connectivity index (χ1n) is 8.36. The summed E-state index contributed by atoms with van der Waals surface area (Å²) in [4.78, 5) is 27.9. The van der Waals surface area contributed by atoms with Crippen molar-refractivity contribution < 1.29 is 14.3 Å². The lowest BCUT2D eigenvalue weighted by atomic mass is 10.3. The number of anilines is 2. The number of Topliss-reactive ketones (excluding diaryl/α,β-unsaturated/α-hetero) is 1. The van der Waals surface area contributed by atoms with E-state index < -0.39 is 12.1 Å². The van der Waals surface area contributed by atoms with Crippen molar-refractivity contribution in [1.29, 1.82) is 0 Å². The minimum atomic E-state index is -1.28. The zero-order valence-corrected chi connectivity index (χ0v) is 14.6. The first-order chi connectivity index (χ1) is 13.6. The highest BCUT2D eigenvalue weighted by Gasteiger charge is 2.28. The summed E-state index contributed by atoms with van der Waals surface area (Å²) in [7, 11) is 0. The summed E-state index contributed by atoms with van der Waals surface area (Å²) in [5.41, 5.74) is 11.9. The van der Waals surface area contributed by atoms with E-state index in [1.54, 1.807) is 48.5 Å². The summed E-state index contributed by atoms with van der Waals surface area (Å²) < 4.78 is 11.5. The Labute approximate surface area is 159 Å². The molecule has 0 radical (unpaired) electrons. The zero-order valence-electron chi connectivity index (χ0n) is 14.6. The van der Waals surface area contributed by atoms with E-state index in [-0.39, 0.29) is 23.2 Å². The van der Waals surface area contributed by atoms with Gasteiger partial charge in [-0.25, -0.2) is 4.98 Å². The van der Waals surface area contributed by atoms with E-state index in [1.165, 1.54) is 0 Å². The number of nitrogen functional groups attached to an aromatic ring is 2. The molecule has 0 spiro atoms. The van der Waals surface area contributed by atoms with Crippen LogP contribution >= 0.6 is 0 Å². The van der Waals surface area contributed by atoms with Crippen molar-refractivity contribution >= 4 is 28.7 Å². The zero-order chi connectivity index (χ0) is 19.5. The lowest BCUT2D eigenvalue weighted by molar-refractivity contribution is 0.0117. The molecule has 0 aliphatic carbocycles. The molecule has 0 unspecified atom stereocenters. The maximum absolute atomic E-state index is 13.1. The van der Waals surface area contributed by atoms with Gasteiger partial charge in [0.2, 0.25) is 5.95 Å². The molecular formula is C19H16N6O3. The highest BCUT2D eigenvalue weighted by molar-refractivity contribution is 5.99. The third-order valence-electron chi connectivity index (χ3n) is 3.82. The number of ether oxygens (including phenoxy) is 2. The van der Waals surface area contributed by atoms with Crippen LogP contribution in [0.1, 0.15) is 10.6 Å². The fourth-order valence-corrected chi connectivity index (χ4v) is 2.54. The summed E-state index contributed by atoms with van der Waals surface area (Å²) in [6, 6.07) is 17.7. The predicted molar refractivity (Wildman–Crippen MR) is 103 cm³/mol. The molecule has 28 heavy (non-hydrogen) atoms. The topological polar surface area (TPSA) is 142 Å². The Morgan fingerprint density at radius 1 is 0.857 bits per heavy atom. The normalized spacial score (nSPS) is 10.9. The largest absolute Gasteiger partial charge is 0.447 e. The number of H-pyrrole nitrogens is 1. The van der Waals surface area contributed by atoms with Crippen LogP contribution in [-0.4, -0.2) is 32.0 Å². The Bertz CT molecular complexity index is 1070. The van der Waals surface area contributed by atoms with Gasteiger partial charge in [0.25, 0.3) is 5.78 Å². The van der Waals surface area contributed by atoms with Gasteiger partial charge in [0.05, 0.1) is 0 Å². The standard InChI is InChI=1S/C19H16N6O3/c20-15-13-16(25-19(21)23-15)24-17(22-13)14(26)18(27-11-7-3-1-4-8-11)28-12-9-5-2-6-10-12/h1-10,18H,(H5,20,21,22,23,24,25). The van der Waals surface area contributed by atoms with E-state index in [2.05, 4.69) is 19.9 Å². The van der Waals surface area contributed by atoms with E-state index in [1.807, 2.05) is 12.1 Å². The van der Waals surface area contributed by atoms with Crippen LogP contribution in [0.15, 0.2) is 60.7 Å². The average molecular weight is 376 g/mol. The number of carbonyl (C=O) groups is 1. The number of hydrogen-bond donors (Lipinski definition) is 3. The van der Waals surface area contributed by atoms with Gasteiger partial charge in [-0.3, -0.25) is 4.79 Å². The van der Waals surface area contributed by atoms with Crippen molar-refractivity contribution in [3.05, 3.63) is 66.5 Å². The van der Waals surface area contributed by atoms with Gasteiger partial charge in [0.15, 0.2) is 17.3 Å². The summed E-state index contributed by atoms with van der Waals surface area (Å²) in [5, 5.41) is 0. The third-order valence-corrected chi connectivity index (χ3v) is 3.82. The van der Waals surface area contributed by atoms with Gasteiger partial charge in [-0.1, -0.05) is 36.4 Å². The van der Waals surface area contributed by atoms with Gasteiger partial charge in [-0.15, -0.1) is 0 Å². The number of aromatic nitrogens is 4. The van der Waals surface area contributed by atoms with Crippen LogP contribution < -0.4 is 20.9 Å². The number of ketones is 1. The number of nitrogens with one attached hydrogen (secondary N) is 1. The summed E-state index contributed by atoms with van der Waals surface area (Å²) in [6.45, 7) is 0. The monoisotopic (exact) mass is 376 g/mol. The molecule has 9 nitrogen and oxygen atoms in total. The van der Waals surface area contributed by atoms with Crippen LogP contribution in [-0.2, 0) is 0 Å². The Balaban J connectivity index is 1.68. The number of nitrogens with zero attached hydrogens (tertiary/aromatic N) is 3. The van der Waals surface area contributed by atoms with E-state index in [9.17, 15) is 4.79 Å². The number of para-hydroxylation sites is 2. The second-order valence-electron chi connectivity index (χ2n) is 5.81. The number of imidazole rings is 1. The van der Waals surface area contributed by atoms with Crippen molar-refractivity contribution in [2.75, 3.05) is 11.5 Å². The number of benzene rings is 2. The second-order valence-corrected chi connectivity index (χ2v) is 5.81. The minimum absolute atomic E-state index is 0.0292. The van der Waals surface area contributed by atoms with E-state index >= 15 is 0 Å². The maximum Gasteiger partial charge on any atom is 0.308 e. The van der Waals surface area contributed by atoms with Crippen LogP contribution in [0.4, 0.5) is 11.8 Å². The summed E-state index contributed by atoms with van der Waals surface area (Å²) >= 11 is 0. The molecule has 0 saturated carbocycles. The molecule has 0 aliphatic rings. The quantitative estimate of drug-likeness (QED) is 0.343. The molecule has 9 heteroatoms. The van der Waals surface area contributed by atoms with Gasteiger partial charge in [0, 0.05) is 0 Å². The van der Waals surface area contributed by atoms with Gasteiger partial charge in [-0.2, -0.15) is 9.97 Å². The summed E-state index contributed by atoms with van der Waals surface area (Å²) in [6.07, 6.45) is -1.28. The molecule has 4 rings (SSSR count). The smallest absolute Gasteiger partial charge is 0.308 e. The second kappa shape index (κ2) is 7.23. The molecule has 0 amide bonds. The lowest BCUT2D eigenvalue weighted by Gasteiger charge is -2.18. The number of nitrogens with two attached hydrogens (primary N) is 2. The first-order valence-corrected chi connectivity index (χ1v) is 8.36. The highest BCUT2D eigenvalue weighted by atomic mass is 16.7. The van der Waals surface area contributed by atoms with Crippen LogP contribution in [0.5, 0.6) is 11.5 Å². The van der Waals surface area contributed by atoms with E-state index in [0.717, 1.165) is 0 Å². The Hall–Kier alpha value is -4.14. The number of rotatable bonds is 6. The van der Waals surface area contributed by atoms with Crippen LogP contribution in [0.3, 0.4) is 0 Å². The molecule has 140 valence electrons. The molecule has 0 atom stereocenters. The van der Waals surface area contributed by atoms with Crippen molar-refractivity contribution in [1.82, 2.24) is 19.9 Å². The molecule has 0 fully saturated rings. The molecule has 0 bridgehead atoms. The number of aromatic amines is 1.